The Morgan fingerprint density at radius 1 is 1.20 bits per heavy atom. The summed E-state index contributed by atoms with van der Waals surface area (Å²) < 4.78 is 28.7. The molecule has 0 amide bonds. The van der Waals surface area contributed by atoms with Gasteiger partial charge in [0, 0.05) is 11.6 Å². The minimum Gasteiger partial charge on any atom is -0.312 e. The van der Waals surface area contributed by atoms with E-state index in [0.29, 0.717) is 16.7 Å². The van der Waals surface area contributed by atoms with Gasteiger partial charge in [0.1, 0.15) is 16.7 Å². The molecule has 0 radical (unpaired) electrons. The van der Waals surface area contributed by atoms with Crippen LogP contribution in [0.1, 0.15) is 32.0 Å². The molecule has 0 aliphatic carbocycles. The zero-order chi connectivity index (χ0) is 17.7. The first-order chi connectivity index (χ1) is 11.9. The lowest BCUT2D eigenvalue weighted by molar-refractivity contribution is 0.146. The maximum atomic E-state index is 13.1. The summed E-state index contributed by atoms with van der Waals surface area (Å²) in [5.41, 5.74) is 2.95. The van der Waals surface area contributed by atoms with E-state index in [9.17, 15) is 13.6 Å². The number of thiazole rings is 1. The minimum atomic E-state index is -2.64. The van der Waals surface area contributed by atoms with Gasteiger partial charge in [-0.25, -0.2) is 13.8 Å². The van der Waals surface area contributed by atoms with Crippen LogP contribution >= 0.6 is 11.3 Å². The topological polar surface area (TPSA) is 63.6 Å². The van der Waals surface area contributed by atoms with Gasteiger partial charge in [0.25, 0.3) is 6.43 Å². The summed E-state index contributed by atoms with van der Waals surface area (Å²) in [7, 11) is 0. The molecular weight excluding hydrogens is 346 g/mol. The van der Waals surface area contributed by atoms with E-state index < -0.39 is 6.43 Å². The lowest BCUT2D eigenvalue weighted by Crippen LogP contribution is -2.04. The second kappa shape index (κ2) is 5.73. The lowest BCUT2D eigenvalue weighted by atomic mass is 10.1. The average Bonchev–Trinajstić information content (AvgIpc) is 3.12. The first kappa shape index (κ1) is 15.9. The molecule has 0 bridgehead atoms. The molecular formula is C17H14F2N4OS. The molecule has 1 aromatic carbocycles. The van der Waals surface area contributed by atoms with Gasteiger partial charge in [-0.15, -0.1) is 0 Å². The molecule has 0 unspecified atom stereocenters. The highest BCUT2D eigenvalue weighted by Gasteiger charge is 2.19. The Hall–Kier alpha value is -2.61. The van der Waals surface area contributed by atoms with Gasteiger partial charge in [0.05, 0.1) is 15.9 Å². The van der Waals surface area contributed by atoms with Crippen molar-refractivity contribution in [1.29, 1.82) is 0 Å². The van der Waals surface area contributed by atoms with Gasteiger partial charge in [0.15, 0.2) is 0 Å². The number of halogens is 2. The molecule has 3 heterocycles. The highest BCUT2D eigenvalue weighted by atomic mass is 32.1. The van der Waals surface area contributed by atoms with Crippen molar-refractivity contribution >= 4 is 32.6 Å². The van der Waals surface area contributed by atoms with E-state index in [1.165, 1.54) is 6.07 Å². The summed E-state index contributed by atoms with van der Waals surface area (Å²) in [6.45, 7) is 3.94. The van der Waals surface area contributed by atoms with Crippen LogP contribution in [0.25, 0.3) is 32.5 Å². The number of rotatable bonds is 3. The van der Waals surface area contributed by atoms with Crippen LogP contribution in [0, 0.1) is 0 Å². The second-order valence-electron chi connectivity index (χ2n) is 6.02. The number of aromatic nitrogens is 4. The van der Waals surface area contributed by atoms with Crippen molar-refractivity contribution in [2.45, 2.75) is 26.3 Å². The van der Waals surface area contributed by atoms with E-state index in [4.69, 9.17) is 0 Å². The monoisotopic (exact) mass is 360 g/mol. The van der Waals surface area contributed by atoms with Crippen LogP contribution in [0.5, 0.6) is 0 Å². The number of pyridine rings is 1. The number of hydrogen-bond donors (Lipinski definition) is 1. The van der Waals surface area contributed by atoms with Crippen LogP contribution in [0.3, 0.4) is 0 Å². The van der Waals surface area contributed by atoms with Crippen molar-refractivity contribution in [1.82, 2.24) is 19.7 Å². The predicted molar refractivity (Wildman–Crippen MR) is 94.3 cm³/mol. The van der Waals surface area contributed by atoms with Crippen LogP contribution in [0.15, 0.2) is 35.1 Å². The number of fused-ring (bicyclic) bond motifs is 2. The molecule has 128 valence electrons. The number of aromatic amines is 1. The normalized spacial score (nSPS) is 12.1. The molecule has 5 nitrogen and oxygen atoms in total. The molecule has 3 aromatic heterocycles. The number of nitrogens with one attached hydrogen (secondary N) is 1. The standard InChI is InChI=1S/C17H14F2N4OS/c1-8(2)23-15(9-3-4-10-13(7-9)25-17(24)21-10)14-11(22-23)5-6-12(20-14)16(18)19/h3-8,16H,1-2H3,(H,21,24). The molecule has 4 rings (SSSR count). The fraction of sp³-hybridized carbons (Fsp3) is 0.235. The second-order valence-corrected chi connectivity index (χ2v) is 7.03. The number of hydrogen-bond acceptors (Lipinski definition) is 4. The van der Waals surface area contributed by atoms with E-state index in [2.05, 4.69) is 15.1 Å². The van der Waals surface area contributed by atoms with Crippen molar-refractivity contribution in [3.63, 3.8) is 0 Å². The first-order valence-corrected chi connectivity index (χ1v) is 8.56. The number of H-pyrrole nitrogens is 1. The van der Waals surface area contributed by atoms with Crippen molar-refractivity contribution in [2.75, 3.05) is 0 Å². The minimum absolute atomic E-state index is 0.0277. The SMILES string of the molecule is CC(C)n1nc2ccc(C(F)F)nc2c1-c1ccc2[nH]c(=O)sc2c1. The molecule has 0 saturated heterocycles. The zero-order valence-electron chi connectivity index (χ0n) is 13.5. The molecule has 0 aliphatic heterocycles. The van der Waals surface area contributed by atoms with Gasteiger partial charge in [-0.05, 0) is 38.1 Å². The van der Waals surface area contributed by atoms with Crippen LogP contribution in [-0.4, -0.2) is 19.7 Å². The van der Waals surface area contributed by atoms with Crippen molar-refractivity contribution in [3.05, 3.63) is 45.7 Å². The van der Waals surface area contributed by atoms with E-state index in [-0.39, 0.29) is 16.6 Å². The van der Waals surface area contributed by atoms with Gasteiger partial charge in [-0.1, -0.05) is 17.4 Å². The maximum Gasteiger partial charge on any atom is 0.305 e. The smallest absolute Gasteiger partial charge is 0.305 e. The summed E-state index contributed by atoms with van der Waals surface area (Å²) in [6.07, 6.45) is -2.64. The molecule has 0 fully saturated rings. The highest BCUT2D eigenvalue weighted by molar-refractivity contribution is 7.16. The molecule has 0 spiro atoms. The third-order valence-electron chi connectivity index (χ3n) is 3.97. The van der Waals surface area contributed by atoms with E-state index >= 15 is 0 Å². The summed E-state index contributed by atoms with van der Waals surface area (Å²) in [5.74, 6) is 0. The summed E-state index contributed by atoms with van der Waals surface area (Å²) in [4.78, 5) is 18.3. The van der Waals surface area contributed by atoms with Crippen LogP contribution in [-0.2, 0) is 0 Å². The maximum absolute atomic E-state index is 13.1. The molecule has 8 heteroatoms. The molecule has 1 N–H and O–H groups in total. The Bertz CT molecular complexity index is 1140. The van der Waals surface area contributed by atoms with Crippen LogP contribution < -0.4 is 4.87 Å². The lowest BCUT2D eigenvalue weighted by Gasteiger charge is -2.11. The van der Waals surface area contributed by atoms with Gasteiger partial charge < -0.3 is 4.98 Å². The first-order valence-electron chi connectivity index (χ1n) is 7.74. The Morgan fingerprint density at radius 2 is 2.00 bits per heavy atom. The summed E-state index contributed by atoms with van der Waals surface area (Å²) in [5, 5.41) is 4.52. The van der Waals surface area contributed by atoms with E-state index in [1.54, 1.807) is 10.7 Å². The third-order valence-corrected chi connectivity index (χ3v) is 4.82. The Kier molecular flexibility index (Phi) is 3.64. The number of benzene rings is 1. The van der Waals surface area contributed by atoms with E-state index in [1.807, 2.05) is 32.0 Å². The van der Waals surface area contributed by atoms with Crippen LogP contribution in [0.4, 0.5) is 8.78 Å². The van der Waals surface area contributed by atoms with Crippen molar-refractivity contribution in [3.8, 4) is 11.3 Å². The Labute approximate surface area is 144 Å². The molecule has 0 saturated carbocycles. The Morgan fingerprint density at radius 3 is 2.72 bits per heavy atom. The summed E-state index contributed by atoms with van der Waals surface area (Å²) in [6, 6.07) is 8.42. The molecule has 0 aliphatic rings. The predicted octanol–water partition coefficient (Wildman–Crippen LogP) is 4.52. The van der Waals surface area contributed by atoms with Gasteiger partial charge in [-0.3, -0.25) is 9.48 Å². The van der Waals surface area contributed by atoms with Crippen molar-refractivity contribution < 1.29 is 8.78 Å². The third kappa shape index (κ3) is 2.62. The van der Waals surface area contributed by atoms with Crippen LogP contribution in [0.2, 0.25) is 0 Å². The summed E-state index contributed by atoms with van der Waals surface area (Å²) >= 11 is 1.11. The van der Waals surface area contributed by atoms with Gasteiger partial charge in [-0.2, -0.15) is 5.10 Å². The fourth-order valence-electron chi connectivity index (χ4n) is 2.85. The van der Waals surface area contributed by atoms with Gasteiger partial charge >= 0.3 is 4.87 Å². The molecule has 0 atom stereocenters. The quantitative estimate of drug-likeness (QED) is 0.584. The van der Waals surface area contributed by atoms with Gasteiger partial charge in [0.2, 0.25) is 0 Å². The zero-order valence-corrected chi connectivity index (χ0v) is 14.3. The average molecular weight is 360 g/mol. The number of alkyl halides is 2. The highest BCUT2D eigenvalue weighted by Crippen LogP contribution is 2.33. The van der Waals surface area contributed by atoms with E-state index in [0.717, 1.165) is 27.1 Å². The van der Waals surface area contributed by atoms with Crippen molar-refractivity contribution in [2.24, 2.45) is 0 Å². The molecule has 25 heavy (non-hydrogen) atoms. The fourth-order valence-corrected chi connectivity index (χ4v) is 3.63. The largest absolute Gasteiger partial charge is 0.312 e. The number of nitrogens with zero attached hydrogens (tertiary/aromatic N) is 3. The Balaban J connectivity index is 2.03. The molecule has 4 aromatic rings.